The molecule has 2 aliphatic heterocycles. The molecule has 0 bridgehead atoms. The average Bonchev–Trinajstić information content (AvgIpc) is 3.47. The first-order valence-corrected chi connectivity index (χ1v) is 20.4. The van der Waals surface area contributed by atoms with E-state index < -0.39 is 17.1 Å². The summed E-state index contributed by atoms with van der Waals surface area (Å²) < 4.78 is 25.7. The number of hydrogen-bond donors (Lipinski definition) is 0. The summed E-state index contributed by atoms with van der Waals surface area (Å²) >= 11 is 0. The fourth-order valence-electron chi connectivity index (χ4n) is 8.94. The number of likely N-dealkylation sites (tertiary alicyclic amines) is 1. The van der Waals surface area contributed by atoms with Gasteiger partial charge in [-0.25, -0.2) is 0 Å². The molecule has 0 saturated carbocycles. The number of likely N-dealkylation sites (N-methyl/N-ethyl adjacent to an activating group) is 1. The predicted octanol–water partition coefficient (Wildman–Crippen LogP) is 10.7. The first kappa shape index (κ1) is 40.2. The highest BCUT2D eigenvalue weighted by Gasteiger charge is 2.71. The van der Waals surface area contributed by atoms with Crippen molar-refractivity contribution >= 4 is 11.9 Å². The summed E-state index contributed by atoms with van der Waals surface area (Å²) in [6.45, 7) is 9.57. The summed E-state index contributed by atoms with van der Waals surface area (Å²) in [5.74, 6) is 1.51. The number of esters is 2. The minimum atomic E-state index is -0.892. The lowest BCUT2D eigenvalue weighted by Crippen LogP contribution is -2.73. The number of hydrogen-bond acceptors (Lipinski definition) is 7. The second kappa shape index (κ2) is 19.9. The Bertz CT molecular complexity index is 1260. The Hall–Kier alpha value is -2.54. The van der Waals surface area contributed by atoms with Gasteiger partial charge in [0.15, 0.2) is 17.6 Å². The molecule has 7 heteroatoms. The van der Waals surface area contributed by atoms with E-state index in [1.165, 1.54) is 77.0 Å². The highest BCUT2D eigenvalue weighted by atomic mass is 16.6. The fourth-order valence-corrected chi connectivity index (χ4v) is 8.94. The van der Waals surface area contributed by atoms with Gasteiger partial charge < -0.3 is 18.9 Å². The van der Waals surface area contributed by atoms with Gasteiger partial charge in [0.05, 0.1) is 12.5 Å². The van der Waals surface area contributed by atoms with Crippen LogP contribution in [0.3, 0.4) is 0 Å². The lowest BCUT2D eigenvalue weighted by Gasteiger charge is -2.59. The maximum atomic E-state index is 13.8. The lowest BCUT2D eigenvalue weighted by molar-refractivity contribution is -0.201. The Labute approximate surface area is 304 Å². The molecular formula is C43H69NO6. The van der Waals surface area contributed by atoms with Crippen molar-refractivity contribution in [3.63, 3.8) is 0 Å². The van der Waals surface area contributed by atoms with Crippen LogP contribution in [0, 0.1) is 6.92 Å². The van der Waals surface area contributed by atoms with Crippen molar-refractivity contribution in [2.75, 3.05) is 20.7 Å². The summed E-state index contributed by atoms with van der Waals surface area (Å²) in [7, 11) is 3.77. The first-order chi connectivity index (χ1) is 24.3. The number of carbonyl (C=O) groups excluding carboxylic acids is 2. The molecule has 0 unspecified atom stereocenters. The molecule has 1 aromatic carbocycles. The molecular weight excluding hydrogens is 626 g/mol. The van der Waals surface area contributed by atoms with Gasteiger partial charge in [-0.15, -0.1) is 0 Å². The molecule has 3 aliphatic rings. The van der Waals surface area contributed by atoms with Crippen molar-refractivity contribution in [3.8, 4) is 11.5 Å². The van der Waals surface area contributed by atoms with Gasteiger partial charge in [0.25, 0.3) is 0 Å². The number of piperidine rings is 1. The molecule has 2 heterocycles. The Morgan fingerprint density at radius 1 is 0.820 bits per heavy atom. The van der Waals surface area contributed by atoms with Crippen LogP contribution in [0.15, 0.2) is 24.0 Å². The zero-order valence-corrected chi connectivity index (χ0v) is 32.5. The van der Waals surface area contributed by atoms with Gasteiger partial charge in [-0.1, -0.05) is 123 Å². The van der Waals surface area contributed by atoms with Crippen LogP contribution in [0.2, 0.25) is 0 Å². The summed E-state index contributed by atoms with van der Waals surface area (Å²) in [6.07, 6.45) is 24.9. The standard InChI is InChI=1S/C43H69NO6/c1-7-9-11-13-15-17-19-21-23-25-37(45)48-36-29-30-43(50-38(46)26-24-22-20-18-16-14-12-10-8-2)34(4)44(5)32-31-42(43)39-33(3)27-28-35(47-6)40(39)49-41(36)42/h27-29,34,41H,7-26,30-32H2,1-6H3/t34-,41+,42+,43-/m1/s1. The van der Waals surface area contributed by atoms with Crippen molar-refractivity contribution in [1.29, 1.82) is 0 Å². The number of nitrogens with zero attached hydrogens (tertiary/aromatic N) is 1. The number of rotatable bonds is 23. The van der Waals surface area contributed by atoms with Crippen LogP contribution < -0.4 is 9.47 Å². The molecule has 0 N–H and O–H groups in total. The van der Waals surface area contributed by atoms with E-state index in [2.05, 4.69) is 45.7 Å². The van der Waals surface area contributed by atoms with E-state index in [0.29, 0.717) is 42.9 Å². The molecule has 1 saturated heterocycles. The highest BCUT2D eigenvalue weighted by molar-refractivity contribution is 5.73. The zero-order valence-electron chi connectivity index (χ0n) is 32.5. The van der Waals surface area contributed by atoms with Gasteiger partial charge in [0.1, 0.15) is 11.4 Å². The maximum absolute atomic E-state index is 13.8. The molecule has 50 heavy (non-hydrogen) atoms. The molecule has 7 nitrogen and oxygen atoms in total. The average molecular weight is 696 g/mol. The van der Waals surface area contributed by atoms with Crippen LogP contribution >= 0.6 is 0 Å². The van der Waals surface area contributed by atoms with Crippen LogP contribution in [0.1, 0.15) is 173 Å². The van der Waals surface area contributed by atoms with Crippen LogP contribution in [0.25, 0.3) is 0 Å². The Balaban J connectivity index is 1.49. The third-order valence-electron chi connectivity index (χ3n) is 12.0. The second-order valence-corrected chi connectivity index (χ2v) is 15.5. The molecule has 0 aromatic heterocycles. The number of carbonyl (C=O) groups is 2. The largest absolute Gasteiger partial charge is 0.493 e. The van der Waals surface area contributed by atoms with E-state index in [0.717, 1.165) is 56.2 Å². The quantitative estimate of drug-likeness (QED) is 0.0833. The number of aryl methyl sites for hydroxylation is 1. The second-order valence-electron chi connectivity index (χ2n) is 15.5. The first-order valence-electron chi connectivity index (χ1n) is 20.4. The molecule has 0 amide bonds. The smallest absolute Gasteiger partial charge is 0.310 e. The van der Waals surface area contributed by atoms with Crippen LogP contribution in [-0.2, 0) is 24.5 Å². The summed E-state index contributed by atoms with van der Waals surface area (Å²) in [5.41, 5.74) is 0.486. The molecule has 1 aliphatic carbocycles. The number of ether oxygens (including phenoxy) is 4. The van der Waals surface area contributed by atoms with Crippen molar-refractivity contribution in [2.45, 2.75) is 192 Å². The fraction of sp³-hybridized carbons (Fsp3) is 0.767. The van der Waals surface area contributed by atoms with Gasteiger partial charge >= 0.3 is 11.9 Å². The zero-order chi connectivity index (χ0) is 36.0. The monoisotopic (exact) mass is 696 g/mol. The molecule has 1 fully saturated rings. The van der Waals surface area contributed by atoms with Gasteiger partial charge in [-0.05, 0) is 64.4 Å². The number of methoxy groups -OCH3 is 1. The topological polar surface area (TPSA) is 74.3 Å². The van der Waals surface area contributed by atoms with Gasteiger partial charge in [0.2, 0.25) is 0 Å². The lowest BCUT2D eigenvalue weighted by atomic mass is 9.54. The van der Waals surface area contributed by atoms with Gasteiger partial charge in [-0.2, -0.15) is 0 Å². The minimum absolute atomic E-state index is 0.0820. The molecule has 4 atom stereocenters. The molecule has 1 aromatic rings. The van der Waals surface area contributed by atoms with E-state index in [9.17, 15) is 9.59 Å². The Morgan fingerprint density at radius 2 is 1.36 bits per heavy atom. The van der Waals surface area contributed by atoms with Crippen LogP contribution in [0.5, 0.6) is 11.5 Å². The van der Waals surface area contributed by atoms with Crippen LogP contribution in [-0.4, -0.2) is 55.3 Å². The number of benzene rings is 1. The summed E-state index contributed by atoms with van der Waals surface area (Å²) in [5, 5.41) is 0. The third-order valence-corrected chi connectivity index (χ3v) is 12.0. The normalized spacial score (nSPS) is 24.1. The number of unbranched alkanes of at least 4 members (excludes halogenated alkanes) is 16. The molecule has 4 rings (SSSR count). The summed E-state index contributed by atoms with van der Waals surface area (Å²) in [6, 6.07) is 3.93. The van der Waals surface area contributed by atoms with Crippen molar-refractivity contribution < 1.29 is 28.5 Å². The van der Waals surface area contributed by atoms with Crippen molar-refractivity contribution in [1.82, 2.24) is 4.90 Å². The van der Waals surface area contributed by atoms with E-state index >= 15 is 0 Å². The minimum Gasteiger partial charge on any atom is -0.493 e. The maximum Gasteiger partial charge on any atom is 0.310 e. The molecule has 1 spiro atoms. The van der Waals surface area contributed by atoms with E-state index in [4.69, 9.17) is 18.9 Å². The van der Waals surface area contributed by atoms with Crippen LogP contribution in [0.4, 0.5) is 0 Å². The Kier molecular flexibility index (Phi) is 16.0. The number of fused-ring (bicyclic) bond motifs is 1. The molecule has 0 radical (unpaired) electrons. The SMILES string of the molecule is CCCCCCCCCCCC(=O)OC1=CC[C@@]2(OC(=O)CCCCCCCCCCC)[C@@H](C)N(C)CC[C@@]23c2c(C)ccc(OC)c2O[C@@H]13. The van der Waals surface area contributed by atoms with E-state index in [-0.39, 0.29) is 18.0 Å². The third kappa shape index (κ3) is 9.27. The summed E-state index contributed by atoms with van der Waals surface area (Å²) in [4.78, 5) is 29.5. The van der Waals surface area contributed by atoms with E-state index in [1.807, 2.05) is 12.1 Å². The van der Waals surface area contributed by atoms with Crippen molar-refractivity contribution in [2.24, 2.45) is 0 Å². The predicted molar refractivity (Wildman–Crippen MR) is 202 cm³/mol. The van der Waals surface area contributed by atoms with Gasteiger partial charge in [0, 0.05) is 30.9 Å². The van der Waals surface area contributed by atoms with E-state index in [1.54, 1.807) is 7.11 Å². The van der Waals surface area contributed by atoms with Crippen molar-refractivity contribution in [3.05, 3.63) is 35.1 Å². The Morgan fingerprint density at radius 3 is 1.92 bits per heavy atom. The van der Waals surface area contributed by atoms with Gasteiger partial charge in [-0.3, -0.25) is 14.5 Å². The highest BCUT2D eigenvalue weighted by Crippen LogP contribution is 2.64. The molecule has 282 valence electrons.